The first kappa shape index (κ1) is 17.4. The largest absolute Gasteiger partial charge is 0.468 e. The minimum Gasteiger partial charge on any atom is -0.468 e. The molecule has 0 radical (unpaired) electrons. The molecule has 0 aromatic carbocycles. The van der Waals surface area contributed by atoms with Crippen LogP contribution in [0.15, 0.2) is 0 Å². The van der Waals surface area contributed by atoms with Gasteiger partial charge >= 0.3 is 5.97 Å². The highest BCUT2D eigenvalue weighted by Crippen LogP contribution is 2.11. The number of likely N-dealkylation sites (N-methyl/N-ethyl adjacent to an activating group) is 1. The Hall–Kier alpha value is -0.650. The fraction of sp³-hybridized carbons (Fsp3) is 0.923. The van der Waals surface area contributed by atoms with Crippen LogP contribution in [0.5, 0.6) is 0 Å². The van der Waals surface area contributed by atoms with E-state index in [1.54, 1.807) is 7.11 Å². The van der Waals surface area contributed by atoms with Crippen molar-refractivity contribution >= 4 is 5.97 Å². The molecule has 1 N–H and O–H groups in total. The van der Waals surface area contributed by atoms with Crippen LogP contribution in [0.4, 0.5) is 0 Å². The third kappa shape index (κ3) is 5.33. The van der Waals surface area contributed by atoms with Gasteiger partial charge in [0.25, 0.3) is 0 Å². The van der Waals surface area contributed by atoms with Gasteiger partial charge in [0.1, 0.15) is 5.54 Å². The molecule has 0 bridgehead atoms. The van der Waals surface area contributed by atoms with Gasteiger partial charge < -0.3 is 14.8 Å². The summed E-state index contributed by atoms with van der Waals surface area (Å²) in [6, 6.07) is 0.252. The van der Waals surface area contributed by atoms with Crippen LogP contribution in [0.2, 0.25) is 0 Å². The summed E-state index contributed by atoms with van der Waals surface area (Å²) in [7, 11) is 5.09. The minimum atomic E-state index is -0.679. The number of esters is 1. The van der Waals surface area contributed by atoms with Crippen LogP contribution in [0.25, 0.3) is 0 Å². The standard InChI is InChI=1S/C13H28N2O3/c1-7-8-14-13(3,12(16)18-6)10-15(4)11(2)9-17-5/h11,14H,7-10H2,1-6H3. The Morgan fingerprint density at radius 3 is 2.50 bits per heavy atom. The first-order valence-corrected chi connectivity index (χ1v) is 6.43. The van der Waals surface area contributed by atoms with E-state index in [2.05, 4.69) is 24.1 Å². The summed E-state index contributed by atoms with van der Waals surface area (Å²) in [4.78, 5) is 14.0. The fourth-order valence-corrected chi connectivity index (χ4v) is 1.84. The number of carbonyl (C=O) groups is 1. The SMILES string of the molecule is CCCNC(C)(CN(C)C(C)COC)C(=O)OC. The van der Waals surface area contributed by atoms with Gasteiger partial charge in [-0.2, -0.15) is 0 Å². The number of methoxy groups -OCH3 is 2. The Morgan fingerprint density at radius 2 is 2.06 bits per heavy atom. The molecule has 5 nitrogen and oxygen atoms in total. The maximum absolute atomic E-state index is 11.9. The summed E-state index contributed by atoms with van der Waals surface area (Å²) in [5.74, 6) is -0.229. The molecule has 0 aliphatic rings. The van der Waals surface area contributed by atoms with Gasteiger partial charge in [0.05, 0.1) is 13.7 Å². The zero-order chi connectivity index (χ0) is 14.2. The Balaban J connectivity index is 4.62. The molecule has 0 aromatic heterocycles. The third-order valence-electron chi connectivity index (χ3n) is 3.13. The summed E-state index contributed by atoms with van der Waals surface area (Å²) < 4.78 is 10.0. The normalized spacial score (nSPS) is 16.4. The molecule has 0 saturated heterocycles. The fourth-order valence-electron chi connectivity index (χ4n) is 1.84. The Labute approximate surface area is 111 Å². The Bertz CT molecular complexity index is 248. The molecular formula is C13H28N2O3. The van der Waals surface area contributed by atoms with E-state index in [-0.39, 0.29) is 12.0 Å². The number of hydrogen-bond acceptors (Lipinski definition) is 5. The predicted octanol–water partition coefficient (Wildman–Crippen LogP) is 0.884. The molecule has 5 heteroatoms. The van der Waals surface area contributed by atoms with E-state index in [0.29, 0.717) is 13.2 Å². The van der Waals surface area contributed by atoms with Gasteiger partial charge in [-0.25, -0.2) is 0 Å². The zero-order valence-corrected chi connectivity index (χ0v) is 12.6. The van der Waals surface area contributed by atoms with Crippen LogP contribution >= 0.6 is 0 Å². The summed E-state index contributed by atoms with van der Waals surface area (Å²) in [5, 5.41) is 3.27. The van der Waals surface area contributed by atoms with Crippen molar-refractivity contribution < 1.29 is 14.3 Å². The van der Waals surface area contributed by atoms with Crippen molar-refractivity contribution in [3.8, 4) is 0 Å². The maximum atomic E-state index is 11.9. The van der Waals surface area contributed by atoms with E-state index < -0.39 is 5.54 Å². The van der Waals surface area contributed by atoms with Crippen molar-refractivity contribution in [3.05, 3.63) is 0 Å². The predicted molar refractivity (Wildman–Crippen MR) is 72.7 cm³/mol. The number of nitrogens with one attached hydrogen (secondary N) is 1. The van der Waals surface area contributed by atoms with E-state index in [1.165, 1.54) is 7.11 Å². The van der Waals surface area contributed by atoms with Gasteiger partial charge in [-0.15, -0.1) is 0 Å². The quantitative estimate of drug-likeness (QED) is 0.624. The minimum absolute atomic E-state index is 0.229. The van der Waals surface area contributed by atoms with E-state index >= 15 is 0 Å². The van der Waals surface area contributed by atoms with Crippen LogP contribution in [0.3, 0.4) is 0 Å². The molecule has 0 saturated carbocycles. The van der Waals surface area contributed by atoms with Crippen molar-refractivity contribution in [1.29, 1.82) is 0 Å². The second-order valence-electron chi connectivity index (χ2n) is 4.97. The summed E-state index contributed by atoms with van der Waals surface area (Å²) in [6.45, 7) is 8.04. The van der Waals surface area contributed by atoms with Crippen molar-refractivity contribution in [3.63, 3.8) is 0 Å². The van der Waals surface area contributed by atoms with E-state index in [1.807, 2.05) is 14.0 Å². The lowest BCUT2D eigenvalue weighted by atomic mass is 10.0. The van der Waals surface area contributed by atoms with Crippen LogP contribution in [0, 0.1) is 0 Å². The lowest BCUT2D eigenvalue weighted by Crippen LogP contribution is -2.58. The number of ether oxygens (including phenoxy) is 2. The number of nitrogens with zero attached hydrogens (tertiary/aromatic N) is 1. The first-order chi connectivity index (χ1) is 8.41. The molecular weight excluding hydrogens is 232 g/mol. The number of rotatable bonds is 9. The molecule has 0 aromatic rings. The monoisotopic (exact) mass is 260 g/mol. The molecule has 2 unspecified atom stereocenters. The summed E-state index contributed by atoms with van der Waals surface area (Å²) in [6.07, 6.45) is 0.976. The summed E-state index contributed by atoms with van der Waals surface area (Å²) in [5.41, 5.74) is -0.679. The molecule has 18 heavy (non-hydrogen) atoms. The average Bonchev–Trinajstić information content (AvgIpc) is 2.35. The average molecular weight is 260 g/mol. The maximum Gasteiger partial charge on any atom is 0.327 e. The molecule has 108 valence electrons. The molecule has 0 amide bonds. The molecule has 0 fully saturated rings. The highest BCUT2D eigenvalue weighted by atomic mass is 16.5. The molecule has 0 heterocycles. The molecule has 0 rings (SSSR count). The van der Waals surface area contributed by atoms with Gasteiger partial charge in [-0.3, -0.25) is 9.69 Å². The van der Waals surface area contributed by atoms with Crippen molar-refractivity contribution in [2.45, 2.75) is 38.8 Å². The second-order valence-corrected chi connectivity index (χ2v) is 4.97. The first-order valence-electron chi connectivity index (χ1n) is 6.43. The summed E-state index contributed by atoms with van der Waals surface area (Å²) >= 11 is 0. The van der Waals surface area contributed by atoms with Crippen LogP contribution in [0.1, 0.15) is 27.2 Å². The molecule has 0 aliphatic carbocycles. The van der Waals surface area contributed by atoms with E-state index in [9.17, 15) is 4.79 Å². The lowest BCUT2D eigenvalue weighted by molar-refractivity contribution is -0.149. The number of carbonyl (C=O) groups excluding carboxylic acids is 1. The van der Waals surface area contributed by atoms with E-state index in [4.69, 9.17) is 9.47 Å². The van der Waals surface area contributed by atoms with Crippen molar-refractivity contribution in [1.82, 2.24) is 10.2 Å². The van der Waals surface area contributed by atoms with Gasteiger partial charge in [0, 0.05) is 19.7 Å². The van der Waals surface area contributed by atoms with Gasteiger partial charge in [0.15, 0.2) is 0 Å². The third-order valence-corrected chi connectivity index (χ3v) is 3.13. The molecule has 2 atom stereocenters. The topological polar surface area (TPSA) is 50.8 Å². The molecule has 0 spiro atoms. The molecule has 0 aliphatic heterocycles. The van der Waals surface area contributed by atoms with Crippen LogP contribution < -0.4 is 5.32 Å². The Kier molecular flexibility index (Phi) is 8.15. The van der Waals surface area contributed by atoms with Gasteiger partial charge in [-0.05, 0) is 33.9 Å². The van der Waals surface area contributed by atoms with Crippen molar-refractivity contribution in [2.24, 2.45) is 0 Å². The van der Waals surface area contributed by atoms with Crippen LogP contribution in [-0.4, -0.2) is 63.4 Å². The highest BCUT2D eigenvalue weighted by Gasteiger charge is 2.35. The highest BCUT2D eigenvalue weighted by molar-refractivity contribution is 5.80. The van der Waals surface area contributed by atoms with Crippen molar-refractivity contribution in [2.75, 3.05) is 41.0 Å². The van der Waals surface area contributed by atoms with Gasteiger partial charge in [-0.1, -0.05) is 6.92 Å². The van der Waals surface area contributed by atoms with Gasteiger partial charge in [0.2, 0.25) is 0 Å². The zero-order valence-electron chi connectivity index (χ0n) is 12.6. The second kappa shape index (κ2) is 8.45. The Morgan fingerprint density at radius 1 is 1.44 bits per heavy atom. The van der Waals surface area contributed by atoms with Crippen LogP contribution in [-0.2, 0) is 14.3 Å². The lowest BCUT2D eigenvalue weighted by Gasteiger charge is -2.35. The number of hydrogen-bond donors (Lipinski definition) is 1. The smallest absolute Gasteiger partial charge is 0.327 e. The van der Waals surface area contributed by atoms with E-state index in [0.717, 1.165) is 13.0 Å².